The summed E-state index contributed by atoms with van der Waals surface area (Å²) in [6.45, 7) is 0.611. The van der Waals surface area contributed by atoms with E-state index in [2.05, 4.69) is 4.90 Å². The van der Waals surface area contributed by atoms with Gasteiger partial charge in [-0.1, -0.05) is 18.2 Å². The molecule has 1 aliphatic rings. The van der Waals surface area contributed by atoms with Crippen LogP contribution in [-0.2, 0) is 10.0 Å². The van der Waals surface area contributed by atoms with E-state index in [9.17, 15) is 8.42 Å². The molecule has 1 heterocycles. The number of benzene rings is 2. The minimum atomic E-state index is -3.59. The predicted molar refractivity (Wildman–Crippen MR) is 110 cm³/mol. The Morgan fingerprint density at radius 2 is 1.52 bits per heavy atom. The third-order valence-electron chi connectivity index (χ3n) is 4.72. The Morgan fingerprint density at radius 1 is 0.963 bits per heavy atom. The average molecular weight is 429 g/mol. The van der Waals surface area contributed by atoms with E-state index in [0.29, 0.717) is 24.8 Å². The van der Waals surface area contributed by atoms with Gasteiger partial charge in [0, 0.05) is 30.5 Å². The summed E-state index contributed by atoms with van der Waals surface area (Å²) in [5.74, 6) is 1.34. The van der Waals surface area contributed by atoms with E-state index in [-0.39, 0.29) is 17.0 Å². The Kier molecular flexibility index (Phi) is 6.52. The van der Waals surface area contributed by atoms with Gasteiger partial charge in [0.15, 0.2) is 0 Å². The largest absolute Gasteiger partial charge is 0.497 e. The average Bonchev–Trinajstić information content (AvgIpc) is 2.73. The third kappa shape index (κ3) is 4.19. The predicted octanol–water partition coefficient (Wildman–Crippen LogP) is 3.42. The van der Waals surface area contributed by atoms with Crippen LogP contribution in [0.15, 0.2) is 59.5 Å². The molecule has 0 bridgehead atoms. The molecule has 0 amide bonds. The van der Waals surface area contributed by atoms with E-state index >= 15 is 0 Å². The van der Waals surface area contributed by atoms with Gasteiger partial charge in [-0.15, -0.1) is 23.2 Å². The molecule has 5 nitrogen and oxygen atoms in total. The number of rotatable bonds is 6. The number of nitrogens with zero attached hydrogens (tertiary/aromatic N) is 2. The second-order valence-corrected chi connectivity index (χ2v) is 8.91. The molecule has 1 fully saturated rings. The van der Waals surface area contributed by atoms with Crippen molar-refractivity contribution < 1.29 is 13.2 Å². The maximum absolute atomic E-state index is 13.0. The molecule has 2 aromatic carbocycles. The molecule has 0 spiro atoms. The number of hydrogen-bond donors (Lipinski definition) is 0. The molecule has 2 unspecified atom stereocenters. The molecule has 3 rings (SSSR count). The number of alkyl halides is 2. The first-order valence-electron chi connectivity index (χ1n) is 8.60. The van der Waals surface area contributed by atoms with Crippen molar-refractivity contribution in [2.45, 2.75) is 17.0 Å². The number of ether oxygens (including phenoxy) is 1. The first kappa shape index (κ1) is 20.3. The quantitative estimate of drug-likeness (QED) is 0.661. The topological polar surface area (TPSA) is 49.9 Å². The van der Waals surface area contributed by atoms with Gasteiger partial charge in [0.1, 0.15) is 5.75 Å². The molecule has 0 saturated carbocycles. The summed E-state index contributed by atoms with van der Waals surface area (Å²) in [7, 11) is -1.98. The van der Waals surface area contributed by atoms with Crippen LogP contribution in [0.25, 0.3) is 0 Å². The smallest absolute Gasteiger partial charge is 0.243 e. The minimum absolute atomic E-state index is 0.184. The molecule has 27 heavy (non-hydrogen) atoms. The summed E-state index contributed by atoms with van der Waals surface area (Å²) in [4.78, 5) is 2.40. The van der Waals surface area contributed by atoms with E-state index in [4.69, 9.17) is 27.9 Å². The van der Waals surface area contributed by atoms with Crippen molar-refractivity contribution in [2.24, 2.45) is 0 Å². The summed E-state index contributed by atoms with van der Waals surface area (Å²) >= 11 is 12.5. The van der Waals surface area contributed by atoms with Crippen LogP contribution in [0.2, 0.25) is 0 Å². The lowest BCUT2D eigenvalue weighted by Gasteiger charge is -2.46. The highest BCUT2D eigenvalue weighted by Crippen LogP contribution is 2.30. The Labute approximate surface area is 170 Å². The maximum atomic E-state index is 13.0. The van der Waals surface area contributed by atoms with Gasteiger partial charge in [-0.3, -0.25) is 0 Å². The van der Waals surface area contributed by atoms with Gasteiger partial charge in [0.05, 0.1) is 24.1 Å². The van der Waals surface area contributed by atoms with Crippen LogP contribution in [0.4, 0.5) is 5.69 Å². The molecule has 146 valence electrons. The number of anilines is 1. The van der Waals surface area contributed by atoms with Crippen molar-refractivity contribution in [3.05, 3.63) is 54.6 Å². The van der Waals surface area contributed by atoms with Gasteiger partial charge in [0.2, 0.25) is 10.0 Å². The first-order chi connectivity index (χ1) is 13.0. The lowest BCUT2D eigenvalue weighted by molar-refractivity contribution is 0.304. The Bertz CT molecular complexity index is 833. The zero-order chi connectivity index (χ0) is 19.4. The molecule has 0 radical (unpaired) electrons. The van der Waals surface area contributed by atoms with Gasteiger partial charge >= 0.3 is 0 Å². The zero-order valence-corrected chi connectivity index (χ0v) is 17.3. The first-order valence-corrected chi connectivity index (χ1v) is 11.1. The van der Waals surface area contributed by atoms with Crippen LogP contribution in [0.5, 0.6) is 5.75 Å². The lowest BCUT2D eigenvalue weighted by atomic mass is 10.1. The lowest BCUT2D eigenvalue weighted by Crippen LogP contribution is -2.61. The summed E-state index contributed by atoms with van der Waals surface area (Å²) in [6, 6.07) is 15.7. The molecule has 8 heteroatoms. The summed E-state index contributed by atoms with van der Waals surface area (Å²) in [5.41, 5.74) is 0.948. The van der Waals surface area contributed by atoms with Crippen LogP contribution < -0.4 is 9.64 Å². The number of hydrogen-bond acceptors (Lipinski definition) is 4. The summed E-state index contributed by atoms with van der Waals surface area (Å²) in [5, 5.41) is 0. The van der Waals surface area contributed by atoms with Crippen LogP contribution in [0.1, 0.15) is 0 Å². The van der Waals surface area contributed by atoms with Crippen molar-refractivity contribution in [2.75, 3.05) is 36.9 Å². The highest BCUT2D eigenvalue weighted by molar-refractivity contribution is 7.89. The van der Waals surface area contributed by atoms with E-state index in [0.717, 1.165) is 11.4 Å². The van der Waals surface area contributed by atoms with Gasteiger partial charge in [-0.25, -0.2) is 8.42 Å². The van der Waals surface area contributed by atoms with Crippen molar-refractivity contribution in [1.82, 2.24) is 4.31 Å². The Morgan fingerprint density at radius 3 is 2.00 bits per heavy atom. The second kappa shape index (κ2) is 8.69. The summed E-state index contributed by atoms with van der Waals surface area (Å²) < 4.78 is 32.8. The van der Waals surface area contributed by atoms with Gasteiger partial charge in [0.25, 0.3) is 0 Å². The minimum Gasteiger partial charge on any atom is -0.497 e. The van der Waals surface area contributed by atoms with E-state index in [1.807, 2.05) is 24.3 Å². The monoisotopic (exact) mass is 428 g/mol. The van der Waals surface area contributed by atoms with Crippen molar-refractivity contribution >= 4 is 38.9 Å². The fourth-order valence-electron chi connectivity index (χ4n) is 3.38. The number of sulfonamides is 1. The van der Waals surface area contributed by atoms with Crippen molar-refractivity contribution in [1.29, 1.82) is 0 Å². The molecule has 1 aliphatic heterocycles. The molecule has 0 aromatic heterocycles. The number of piperazine rings is 1. The molecule has 1 saturated heterocycles. The van der Waals surface area contributed by atoms with E-state index in [1.165, 1.54) is 4.31 Å². The third-order valence-corrected chi connectivity index (χ3v) is 7.28. The van der Waals surface area contributed by atoms with Gasteiger partial charge in [-0.05, 0) is 36.4 Å². The second-order valence-electron chi connectivity index (χ2n) is 6.36. The molecule has 2 atom stereocenters. The highest BCUT2D eigenvalue weighted by atomic mass is 35.5. The standard InChI is InChI=1S/C19H22Cl2N2O3S/c1-26-18-9-7-15(8-10-18)23-16(11-20)13-22(14-17(23)12-21)27(24,25)19-5-3-2-4-6-19/h2-10,16-17H,11-14H2,1H3. The summed E-state index contributed by atoms with van der Waals surface area (Å²) in [6.07, 6.45) is 0. The molecular weight excluding hydrogens is 407 g/mol. The SMILES string of the molecule is COc1ccc(N2C(CCl)CN(S(=O)(=O)c3ccccc3)CC2CCl)cc1. The zero-order valence-electron chi connectivity index (χ0n) is 15.0. The van der Waals surface area contributed by atoms with E-state index in [1.54, 1.807) is 37.4 Å². The number of methoxy groups -OCH3 is 1. The highest BCUT2D eigenvalue weighted by Gasteiger charge is 2.39. The normalized spacial score (nSPS) is 21.2. The van der Waals surface area contributed by atoms with Crippen molar-refractivity contribution in [3.63, 3.8) is 0 Å². The molecule has 0 aliphatic carbocycles. The van der Waals surface area contributed by atoms with E-state index < -0.39 is 10.0 Å². The fraction of sp³-hybridized carbons (Fsp3) is 0.368. The fourth-order valence-corrected chi connectivity index (χ4v) is 5.41. The van der Waals surface area contributed by atoms with Gasteiger partial charge in [-0.2, -0.15) is 4.31 Å². The molecule has 0 N–H and O–H groups in total. The van der Waals surface area contributed by atoms with Crippen LogP contribution in [0, 0.1) is 0 Å². The number of halogens is 2. The maximum Gasteiger partial charge on any atom is 0.243 e. The molecular formula is C19H22Cl2N2O3S. The molecule has 2 aromatic rings. The van der Waals surface area contributed by atoms with Crippen molar-refractivity contribution in [3.8, 4) is 5.75 Å². The Hall–Kier alpha value is -1.47. The van der Waals surface area contributed by atoms with Gasteiger partial charge < -0.3 is 9.64 Å². The van der Waals surface area contributed by atoms with Crippen LogP contribution in [0.3, 0.4) is 0 Å². The van der Waals surface area contributed by atoms with Crippen LogP contribution in [-0.4, -0.2) is 56.8 Å². The van der Waals surface area contributed by atoms with Crippen LogP contribution >= 0.6 is 23.2 Å². The Balaban J connectivity index is 1.90.